The summed E-state index contributed by atoms with van der Waals surface area (Å²) in [6.45, 7) is 0. The molecule has 1 aliphatic rings. The minimum atomic E-state index is -1.06. The lowest BCUT2D eigenvalue weighted by atomic mass is 9.93. The van der Waals surface area contributed by atoms with Gasteiger partial charge in [-0.2, -0.15) is 0 Å². The van der Waals surface area contributed by atoms with E-state index in [4.69, 9.17) is 9.47 Å². The maximum atomic E-state index is 12.2. The number of Topliss-reactive ketones (excluding diaryl/α,β-unsaturated/α-hetero) is 1. The van der Waals surface area contributed by atoms with E-state index < -0.39 is 24.1 Å². The van der Waals surface area contributed by atoms with Gasteiger partial charge >= 0.3 is 11.9 Å². The van der Waals surface area contributed by atoms with E-state index in [0.717, 1.165) is 0 Å². The zero-order valence-electron chi connectivity index (χ0n) is 13.6. The van der Waals surface area contributed by atoms with Crippen LogP contribution in [0, 0.1) is 0 Å². The molecule has 5 nitrogen and oxygen atoms in total. The van der Waals surface area contributed by atoms with Crippen molar-refractivity contribution in [2.75, 3.05) is 0 Å². The fourth-order valence-electron chi connectivity index (χ4n) is 2.78. The Morgan fingerprint density at radius 3 is 1.88 bits per heavy atom. The van der Waals surface area contributed by atoms with Gasteiger partial charge in [0.1, 0.15) is 6.10 Å². The van der Waals surface area contributed by atoms with Crippen molar-refractivity contribution in [1.82, 2.24) is 0 Å². The average Bonchev–Trinajstić information content (AvgIpc) is 2.66. The van der Waals surface area contributed by atoms with Crippen molar-refractivity contribution in [3.8, 4) is 0 Å². The summed E-state index contributed by atoms with van der Waals surface area (Å²) >= 11 is 0. The highest BCUT2D eigenvalue weighted by atomic mass is 16.6. The van der Waals surface area contributed by atoms with Crippen LogP contribution in [0.4, 0.5) is 0 Å². The fourth-order valence-corrected chi connectivity index (χ4v) is 2.78. The molecule has 1 aliphatic carbocycles. The van der Waals surface area contributed by atoms with E-state index in [1.807, 2.05) is 0 Å². The summed E-state index contributed by atoms with van der Waals surface area (Å²) in [6.07, 6.45) is -0.426. The summed E-state index contributed by atoms with van der Waals surface area (Å²) in [5.74, 6) is -1.34. The molecule has 1 fully saturated rings. The van der Waals surface area contributed by atoms with Gasteiger partial charge in [-0.15, -0.1) is 0 Å². The molecule has 1 saturated carbocycles. The van der Waals surface area contributed by atoms with E-state index in [0.29, 0.717) is 30.4 Å². The molecular weight excluding hydrogens is 320 g/mol. The predicted molar refractivity (Wildman–Crippen MR) is 90.1 cm³/mol. The molecule has 0 saturated heterocycles. The second kappa shape index (κ2) is 7.75. The molecule has 25 heavy (non-hydrogen) atoms. The highest BCUT2D eigenvalue weighted by Gasteiger charge is 2.38. The van der Waals surface area contributed by atoms with E-state index >= 15 is 0 Å². The van der Waals surface area contributed by atoms with Gasteiger partial charge < -0.3 is 9.47 Å². The molecule has 0 unspecified atom stereocenters. The van der Waals surface area contributed by atoms with Crippen LogP contribution < -0.4 is 0 Å². The Balaban J connectivity index is 1.72. The van der Waals surface area contributed by atoms with Crippen molar-refractivity contribution in [3.63, 3.8) is 0 Å². The fraction of sp³-hybridized carbons (Fsp3) is 0.250. The molecular formula is C20H18O5. The van der Waals surface area contributed by atoms with E-state index in [9.17, 15) is 14.4 Å². The Labute approximate surface area is 145 Å². The Morgan fingerprint density at radius 1 is 0.800 bits per heavy atom. The van der Waals surface area contributed by atoms with Crippen LogP contribution in [0.2, 0.25) is 0 Å². The van der Waals surface area contributed by atoms with Gasteiger partial charge in [0.25, 0.3) is 0 Å². The highest BCUT2D eigenvalue weighted by Crippen LogP contribution is 2.23. The topological polar surface area (TPSA) is 69.7 Å². The SMILES string of the molecule is O=C(O[C@@H]1C(=O)CCC[C@H]1OC(=O)c1ccccc1)c1ccccc1. The van der Waals surface area contributed by atoms with Gasteiger partial charge in [0, 0.05) is 6.42 Å². The first kappa shape index (κ1) is 16.9. The summed E-state index contributed by atoms with van der Waals surface area (Å²) in [6, 6.07) is 17.0. The molecule has 0 bridgehead atoms. The van der Waals surface area contributed by atoms with Crippen molar-refractivity contribution in [2.24, 2.45) is 0 Å². The number of ketones is 1. The second-order valence-electron chi connectivity index (χ2n) is 5.86. The summed E-state index contributed by atoms with van der Waals surface area (Å²) in [5.41, 5.74) is 0.752. The number of carbonyl (C=O) groups is 3. The lowest BCUT2D eigenvalue weighted by Gasteiger charge is -2.29. The third kappa shape index (κ3) is 4.12. The van der Waals surface area contributed by atoms with Crippen LogP contribution in [0.5, 0.6) is 0 Å². The zero-order valence-corrected chi connectivity index (χ0v) is 13.6. The standard InChI is InChI=1S/C20H18O5/c21-16-12-7-13-17(24-19(22)14-8-3-1-4-9-14)18(16)25-20(23)15-10-5-2-6-11-15/h1-6,8-11,17-18H,7,12-13H2/t17-,18-/m1/s1. The van der Waals surface area contributed by atoms with Gasteiger partial charge in [-0.25, -0.2) is 9.59 Å². The lowest BCUT2D eigenvalue weighted by molar-refractivity contribution is -0.138. The molecule has 0 spiro atoms. The van der Waals surface area contributed by atoms with Crippen LogP contribution in [0.1, 0.15) is 40.0 Å². The minimum Gasteiger partial charge on any atom is -0.454 e. The first-order chi connectivity index (χ1) is 12.1. The van der Waals surface area contributed by atoms with Crippen LogP contribution in [0.3, 0.4) is 0 Å². The van der Waals surface area contributed by atoms with Crippen molar-refractivity contribution in [3.05, 3.63) is 71.8 Å². The summed E-state index contributed by atoms with van der Waals surface area (Å²) in [7, 11) is 0. The quantitative estimate of drug-likeness (QED) is 0.801. The number of ether oxygens (including phenoxy) is 2. The van der Waals surface area contributed by atoms with E-state index in [1.54, 1.807) is 60.7 Å². The number of hydrogen-bond acceptors (Lipinski definition) is 5. The molecule has 2 aromatic rings. The van der Waals surface area contributed by atoms with E-state index in [-0.39, 0.29) is 5.78 Å². The van der Waals surface area contributed by atoms with Gasteiger partial charge in [-0.1, -0.05) is 36.4 Å². The third-order valence-corrected chi connectivity index (χ3v) is 4.08. The molecule has 0 amide bonds. The maximum Gasteiger partial charge on any atom is 0.338 e. The predicted octanol–water partition coefficient (Wildman–Crippen LogP) is 3.19. The number of benzene rings is 2. The molecule has 128 valence electrons. The monoisotopic (exact) mass is 338 g/mol. The second-order valence-corrected chi connectivity index (χ2v) is 5.86. The largest absolute Gasteiger partial charge is 0.454 e. The van der Waals surface area contributed by atoms with Crippen LogP contribution in [-0.2, 0) is 14.3 Å². The first-order valence-corrected chi connectivity index (χ1v) is 8.20. The summed E-state index contributed by atoms with van der Waals surface area (Å²) in [4.78, 5) is 36.7. The number of esters is 2. The average molecular weight is 338 g/mol. The minimum absolute atomic E-state index is 0.221. The lowest BCUT2D eigenvalue weighted by Crippen LogP contribution is -2.44. The summed E-state index contributed by atoms with van der Waals surface area (Å²) < 4.78 is 10.8. The van der Waals surface area contributed by atoms with Crippen molar-refractivity contribution in [1.29, 1.82) is 0 Å². The maximum absolute atomic E-state index is 12.2. The van der Waals surface area contributed by atoms with Crippen LogP contribution >= 0.6 is 0 Å². The van der Waals surface area contributed by atoms with Crippen molar-refractivity contribution < 1.29 is 23.9 Å². The zero-order chi connectivity index (χ0) is 17.6. The van der Waals surface area contributed by atoms with E-state index in [2.05, 4.69) is 0 Å². The molecule has 0 aliphatic heterocycles. The molecule has 0 N–H and O–H groups in total. The smallest absolute Gasteiger partial charge is 0.338 e. The molecule has 0 aromatic heterocycles. The van der Waals surface area contributed by atoms with Crippen molar-refractivity contribution >= 4 is 17.7 Å². The van der Waals surface area contributed by atoms with Gasteiger partial charge in [-0.3, -0.25) is 4.79 Å². The Morgan fingerprint density at radius 2 is 1.32 bits per heavy atom. The molecule has 0 heterocycles. The van der Waals surface area contributed by atoms with E-state index in [1.165, 1.54) is 0 Å². The van der Waals surface area contributed by atoms with Gasteiger partial charge in [0.15, 0.2) is 11.9 Å². The van der Waals surface area contributed by atoms with Gasteiger partial charge in [0.05, 0.1) is 11.1 Å². The van der Waals surface area contributed by atoms with Crippen LogP contribution in [0.15, 0.2) is 60.7 Å². The van der Waals surface area contributed by atoms with Crippen LogP contribution in [-0.4, -0.2) is 29.9 Å². The molecule has 0 radical (unpaired) electrons. The highest BCUT2D eigenvalue weighted by molar-refractivity contribution is 5.94. The van der Waals surface area contributed by atoms with Gasteiger partial charge in [-0.05, 0) is 37.1 Å². The molecule has 3 rings (SSSR count). The third-order valence-electron chi connectivity index (χ3n) is 4.08. The van der Waals surface area contributed by atoms with Crippen molar-refractivity contribution in [2.45, 2.75) is 31.5 Å². The Bertz CT molecular complexity index is 754. The Hall–Kier alpha value is -2.95. The molecule has 2 aromatic carbocycles. The molecule has 5 heteroatoms. The summed E-state index contributed by atoms with van der Waals surface area (Å²) in [5, 5.41) is 0. The first-order valence-electron chi connectivity index (χ1n) is 8.20. The van der Waals surface area contributed by atoms with Gasteiger partial charge in [0.2, 0.25) is 0 Å². The molecule has 2 atom stereocenters. The van der Waals surface area contributed by atoms with Crippen LogP contribution in [0.25, 0.3) is 0 Å². The number of carbonyl (C=O) groups excluding carboxylic acids is 3. The Kier molecular flexibility index (Phi) is 5.23. The number of rotatable bonds is 4. The normalized spacial score (nSPS) is 19.9. The number of hydrogen-bond donors (Lipinski definition) is 0.